The Morgan fingerprint density at radius 1 is 1.06 bits per heavy atom. The van der Waals surface area contributed by atoms with Crippen LogP contribution in [-0.2, 0) is 6.54 Å². The highest BCUT2D eigenvalue weighted by atomic mass is 16.3. The summed E-state index contributed by atoms with van der Waals surface area (Å²) < 4.78 is 1.78. The lowest BCUT2D eigenvalue weighted by atomic mass is 9.47. The van der Waals surface area contributed by atoms with Gasteiger partial charge in [-0.1, -0.05) is 6.92 Å². The van der Waals surface area contributed by atoms with E-state index in [1.807, 2.05) is 6.92 Å². The van der Waals surface area contributed by atoms with E-state index >= 15 is 0 Å². The van der Waals surface area contributed by atoms with Crippen LogP contribution >= 0.6 is 0 Å². The van der Waals surface area contributed by atoms with Crippen molar-refractivity contribution in [2.75, 3.05) is 0 Å². The van der Waals surface area contributed by atoms with Gasteiger partial charge in [0.05, 0.1) is 29.5 Å². The molecule has 186 valence electrons. The molecule has 0 spiro atoms. The molecule has 0 aliphatic heterocycles. The summed E-state index contributed by atoms with van der Waals surface area (Å²) in [4.78, 5) is 0. The van der Waals surface area contributed by atoms with Crippen LogP contribution in [0.5, 0.6) is 0 Å². The van der Waals surface area contributed by atoms with Crippen molar-refractivity contribution in [3.05, 3.63) is 18.0 Å². The van der Waals surface area contributed by atoms with E-state index in [0.29, 0.717) is 18.0 Å². The summed E-state index contributed by atoms with van der Waals surface area (Å²) in [6, 6.07) is 2.16. The van der Waals surface area contributed by atoms with Crippen molar-refractivity contribution < 1.29 is 10.2 Å². The Hall–Kier alpha value is -1.38. The van der Waals surface area contributed by atoms with Gasteiger partial charge in [-0.2, -0.15) is 10.4 Å². The molecule has 0 amide bonds. The van der Waals surface area contributed by atoms with Crippen LogP contribution in [0, 0.1) is 64.1 Å². The first kappa shape index (κ1) is 23.0. The predicted molar refractivity (Wildman–Crippen MR) is 130 cm³/mol. The zero-order chi connectivity index (χ0) is 23.9. The zero-order valence-electron chi connectivity index (χ0n) is 21.3. The van der Waals surface area contributed by atoms with Crippen LogP contribution in [0.3, 0.4) is 0 Å². The second-order valence-electron chi connectivity index (χ2n) is 13.8. The fraction of sp³-hybridized carbons (Fsp3) is 0.862. The Labute approximate surface area is 204 Å². The quantitative estimate of drug-likeness (QED) is 0.643. The second-order valence-corrected chi connectivity index (χ2v) is 13.8. The Kier molecular flexibility index (Phi) is 5.29. The first-order valence-electron chi connectivity index (χ1n) is 14.0. The highest BCUT2D eigenvalue weighted by molar-refractivity contribution is 5.22. The van der Waals surface area contributed by atoms with Crippen molar-refractivity contribution in [2.24, 2.45) is 52.8 Å². The molecule has 34 heavy (non-hydrogen) atoms. The molecular formula is C29H43N3O2. The van der Waals surface area contributed by atoms with Crippen molar-refractivity contribution in [2.45, 2.75) is 103 Å². The van der Waals surface area contributed by atoms with Gasteiger partial charge in [-0.05, 0) is 131 Å². The molecule has 10 atom stereocenters. The normalized spacial score (nSPS) is 47.7. The average Bonchev–Trinajstić information content (AvgIpc) is 3.43. The van der Waals surface area contributed by atoms with Crippen LogP contribution in [0.1, 0.15) is 90.5 Å². The van der Waals surface area contributed by atoms with E-state index in [1.165, 1.54) is 44.9 Å². The molecule has 5 aliphatic carbocycles. The molecule has 5 saturated carbocycles. The molecule has 5 heteroatoms. The fourth-order valence-corrected chi connectivity index (χ4v) is 10.2. The summed E-state index contributed by atoms with van der Waals surface area (Å²) in [6.45, 7) is 7.08. The topological polar surface area (TPSA) is 82.1 Å². The lowest BCUT2D eigenvalue weighted by molar-refractivity contribution is -0.130. The smallest absolute Gasteiger partial charge is 0.102 e. The summed E-state index contributed by atoms with van der Waals surface area (Å²) in [5.41, 5.74) is -0.548. The Balaban J connectivity index is 1.28. The summed E-state index contributed by atoms with van der Waals surface area (Å²) in [5.74, 6) is 5.75. The minimum atomic E-state index is -0.830. The molecule has 6 rings (SSSR count). The molecule has 1 aromatic heterocycles. The molecule has 5 aliphatic rings. The van der Waals surface area contributed by atoms with Gasteiger partial charge in [-0.3, -0.25) is 4.68 Å². The summed E-state index contributed by atoms with van der Waals surface area (Å²) in [5, 5.41) is 36.3. The van der Waals surface area contributed by atoms with Gasteiger partial charge in [-0.15, -0.1) is 0 Å². The van der Waals surface area contributed by atoms with E-state index < -0.39 is 11.2 Å². The average molecular weight is 466 g/mol. The second kappa shape index (κ2) is 7.81. The Morgan fingerprint density at radius 2 is 1.79 bits per heavy atom. The maximum atomic E-state index is 11.9. The third kappa shape index (κ3) is 3.66. The molecule has 0 radical (unpaired) electrons. The van der Waals surface area contributed by atoms with E-state index in [1.54, 1.807) is 17.1 Å². The van der Waals surface area contributed by atoms with Gasteiger partial charge in [0.15, 0.2) is 0 Å². The van der Waals surface area contributed by atoms with Crippen LogP contribution < -0.4 is 0 Å². The standard InChI is InChI=1S/C29H43N3O2/c1-27(33)10-8-21-20(13-27)6-7-23-22(21)9-11-28(2)25(12-24(26(23)28)19-4-5-19)29(3,34)17-32-16-18(14-30)15-31-32/h15-16,19-26,33-34H,4-13,17H2,1-3H3/t20-,21+,22-,23-,24+,25+,26-,27-,28-,29+/m1/s1. The third-order valence-corrected chi connectivity index (χ3v) is 11.5. The van der Waals surface area contributed by atoms with Crippen molar-refractivity contribution in [1.29, 1.82) is 5.26 Å². The van der Waals surface area contributed by atoms with Crippen molar-refractivity contribution >= 4 is 0 Å². The van der Waals surface area contributed by atoms with Crippen LogP contribution in [-0.4, -0.2) is 31.2 Å². The number of aliphatic hydroxyl groups is 2. The molecular weight excluding hydrogens is 422 g/mol. The molecule has 1 heterocycles. The maximum absolute atomic E-state index is 11.9. The first-order chi connectivity index (χ1) is 16.1. The number of aromatic nitrogens is 2. The number of rotatable bonds is 4. The molecule has 0 saturated heterocycles. The monoisotopic (exact) mass is 465 g/mol. The minimum Gasteiger partial charge on any atom is -0.390 e. The van der Waals surface area contributed by atoms with Gasteiger partial charge in [0, 0.05) is 6.20 Å². The van der Waals surface area contributed by atoms with Crippen LogP contribution in [0.2, 0.25) is 0 Å². The Bertz CT molecular complexity index is 972. The van der Waals surface area contributed by atoms with Crippen molar-refractivity contribution in [3.63, 3.8) is 0 Å². The SMILES string of the molecule is C[C@@]1(O)CC[C@H]2[C@H](CC[C@@H]3[C@@H]2CC[C@@]2(C)[C@H]3[C@H](C3CC3)C[C@@H]2[C@@](C)(O)Cn2cc(C#N)cn2)C1. The van der Waals surface area contributed by atoms with Gasteiger partial charge < -0.3 is 10.2 Å². The predicted octanol–water partition coefficient (Wildman–Crippen LogP) is 5.16. The number of hydrogen-bond donors (Lipinski definition) is 2. The molecule has 0 unspecified atom stereocenters. The largest absolute Gasteiger partial charge is 0.390 e. The van der Waals surface area contributed by atoms with E-state index in [4.69, 9.17) is 0 Å². The number of nitrogens with zero attached hydrogens (tertiary/aromatic N) is 3. The lowest BCUT2D eigenvalue weighted by Crippen LogP contribution is -2.54. The number of nitriles is 1. The van der Waals surface area contributed by atoms with E-state index in [9.17, 15) is 15.5 Å². The molecule has 0 aromatic carbocycles. The Morgan fingerprint density at radius 3 is 2.50 bits per heavy atom. The molecule has 2 N–H and O–H groups in total. The highest BCUT2D eigenvalue weighted by Crippen LogP contribution is 2.70. The molecule has 0 bridgehead atoms. The van der Waals surface area contributed by atoms with Gasteiger partial charge in [0.1, 0.15) is 6.07 Å². The number of fused-ring (bicyclic) bond motifs is 5. The van der Waals surface area contributed by atoms with E-state index in [0.717, 1.165) is 54.8 Å². The van der Waals surface area contributed by atoms with Crippen LogP contribution in [0.25, 0.3) is 0 Å². The van der Waals surface area contributed by atoms with Gasteiger partial charge >= 0.3 is 0 Å². The van der Waals surface area contributed by atoms with Gasteiger partial charge in [-0.25, -0.2) is 0 Å². The summed E-state index contributed by atoms with van der Waals surface area (Å²) in [6.07, 6.45) is 15.6. The third-order valence-electron chi connectivity index (χ3n) is 11.5. The first-order valence-corrected chi connectivity index (χ1v) is 14.0. The molecule has 5 nitrogen and oxygen atoms in total. The fourth-order valence-electron chi connectivity index (χ4n) is 10.2. The molecule has 5 fully saturated rings. The maximum Gasteiger partial charge on any atom is 0.102 e. The minimum absolute atomic E-state index is 0.177. The lowest BCUT2D eigenvalue weighted by Gasteiger charge is -2.58. The van der Waals surface area contributed by atoms with Crippen molar-refractivity contribution in [3.8, 4) is 6.07 Å². The van der Waals surface area contributed by atoms with E-state index in [-0.39, 0.29) is 11.3 Å². The highest BCUT2D eigenvalue weighted by Gasteiger charge is 2.65. The van der Waals surface area contributed by atoms with Crippen molar-refractivity contribution in [1.82, 2.24) is 9.78 Å². The van der Waals surface area contributed by atoms with E-state index in [2.05, 4.69) is 25.0 Å². The summed E-state index contributed by atoms with van der Waals surface area (Å²) in [7, 11) is 0. The zero-order valence-corrected chi connectivity index (χ0v) is 21.3. The van der Waals surface area contributed by atoms with Crippen LogP contribution in [0.4, 0.5) is 0 Å². The molecule has 1 aromatic rings. The van der Waals surface area contributed by atoms with Crippen LogP contribution in [0.15, 0.2) is 12.4 Å². The summed E-state index contributed by atoms with van der Waals surface area (Å²) >= 11 is 0. The van der Waals surface area contributed by atoms with Gasteiger partial charge in [0.25, 0.3) is 0 Å². The number of hydrogen-bond acceptors (Lipinski definition) is 4. The van der Waals surface area contributed by atoms with Gasteiger partial charge in [0.2, 0.25) is 0 Å².